The number of nitrogens with zero attached hydrogens (tertiary/aromatic N) is 1. The highest BCUT2D eigenvalue weighted by molar-refractivity contribution is 6.35. The Kier molecular flexibility index (Phi) is 3.85. The third kappa shape index (κ3) is 2.94. The van der Waals surface area contributed by atoms with Crippen molar-refractivity contribution in [3.05, 3.63) is 59.7 Å². The van der Waals surface area contributed by atoms with Gasteiger partial charge in [0.05, 0.1) is 5.69 Å². The molecule has 0 bridgehead atoms. The fraction of sp³-hybridized carbons (Fsp3) is 0.111. The number of likely N-dealkylation sites (N-methyl/N-ethyl adjacent to an activating group) is 1. The van der Waals surface area contributed by atoms with Crippen LogP contribution in [0.25, 0.3) is 11.6 Å². The molecule has 23 heavy (non-hydrogen) atoms. The van der Waals surface area contributed by atoms with Crippen LogP contribution in [0.5, 0.6) is 5.75 Å². The molecule has 5 nitrogen and oxygen atoms in total. The predicted molar refractivity (Wildman–Crippen MR) is 88.9 cm³/mol. The molecule has 116 valence electrons. The smallest absolute Gasteiger partial charge is 0.258 e. The number of carbonyl (C=O) groups is 2. The molecule has 0 spiro atoms. The van der Waals surface area contributed by atoms with Crippen LogP contribution in [0.3, 0.4) is 0 Å². The molecule has 5 heteroatoms. The van der Waals surface area contributed by atoms with Gasteiger partial charge in [-0.3, -0.25) is 9.59 Å². The average molecular weight is 308 g/mol. The van der Waals surface area contributed by atoms with Gasteiger partial charge in [0.1, 0.15) is 5.75 Å². The first kappa shape index (κ1) is 14.8. The number of amides is 2. The van der Waals surface area contributed by atoms with Gasteiger partial charge in [-0.05, 0) is 29.8 Å². The summed E-state index contributed by atoms with van der Waals surface area (Å²) >= 11 is 0. The largest absolute Gasteiger partial charge is 0.484 e. The van der Waals surface area contributed by atoms with Crippen molar-refractivity contribution in [2.24, 2.45) is 5.73 Å². The summed E-state index contributed by atoms with van der Waals surface area (Å²) in [6.07, 6.45) is 1.85. The Bertz CT molecular complexity index is 797. The van der Waals surface area contributed by atoms with Crippen LogP contribution < -0.4 is 15.4 Å². The lowest BCUT2D eigenvalue weighted by Gasteiger charge is -2.10. The zero-order valence-electron chi connectivity index (χ0n) is 12.7. The first-order valence-corrected chi connectivity index (χ1v) is 7.16. The number of hydrogen-bond donors (Lipinski definition) is 1. The zero-order valence-corrected chi connectivity index (χ0v) is 12.7. The Morgan fingerprint density at radius 3 is 2.65 bits per heavy atom. The first-order chi connectivity index (χ1) is 11.1. The maximum Gasteiger partial charge on any atom is 0.258 e. The van der Waals surface area contributed by atoms with E-state index in [1.54, 1.807) is 30.1 Å². The van der Waals surface area contributed by atoms with E-state index < -0.39 is 5.91 Å². The number of carbonyl (C=O) groups excluding carboxylic acids is 2. The van der Waals surface area contributed by atoms with Crippen molar-refractivity contribution in [3.8, 4) is 5.75 Å². The second-order valence-corrected chi connectivity index (χ2v) is 5.27. The third-order valence-electron chi connectivity index (χ3n) is 3.65. The average Bonchev–Trinajstić information content (AvgIpc) is 2.79. The molecule has 3 rings (SSSR count). The van der Waals surface area contributed by atoms with Crippen LogP contribution in [0.2, 0.25) is 0 Å². The van der Waals surface area contributed by atoms with E-state index >= 15 is 0 Å². The van der Waals surface area contributed by atoms with E-state index in [0.717, 1.165) is 16.8 Å². The van der Waals surface area contributed by atoms with Crippen molar-refractivity contribution < 1.29 is 14.3 Å². The predicted octanol–water partition coefficient (Wildman–Crippen LogP) is 2.07. The normalized spacial score (nSPS) is 14.9. The van der Waals surface area contributed by atoms with Gasteiger partial charge in [0.15, 0.2) is 6.61 Å². The summed E-state index contributed by atoms with van der Waals surface area (Å²) in [5, 5.41) is 0. The van der Waals surface area contributed by atoms with Crippen LogP contribution in [-0.2, 0) is 9.59 Å². The van der Waals surface area contributed by atoms with Gasteiger partial charge in [-0.1, -0.05) is 30.3 Å². The molecule has 0 saturated heterocycles. The first-order valence-electron chi connectivity index (χ1n) is 7.16. The lowest BCUT2D eigenvalue weighted by atomic mass is 10.0. The monoisotopic (exact) mass is 308 g/mol. The summed E-state index contributed by atoms with van der Waals surface area (Å²) < 4.78 is 5.33. The minimum atomic E-state index is -0.543. The second kappa shape index (κ2) is 5.96. The fourth-order valence-corrected chi connectivity index (χ4v) is 2.53. The summed E-state index contributed by atoms with van der Waals surface area (Å²) in [6, 6.07) is 14.9. The summed E-state index contributed by atoms with van der Waals surface area (Å²) in [6.45, 7) is -0.194. The Balaban J connectivity index is 2.01. The Hall–Kier alpha value is -3.08. The van der Waals surface area contributed by atoms with Gasteiger partial charge in [0.2, 0.25) is 0 Å². The fourth-order valence-electron chi connectivity index (χ4n) is 2.53. The van der Waals surface area contributed by atoms with Crippen LogP contribution in [0.4, 0.5) is 5.69 Å². The van der Waals surface area contributed by atoms with E-state index in [0.29, 0.717) is 11.3 Å². The number of anilines is 1. The van der Waals surface area contributed by atoms with Gasteiger partial charge in [0.25, 0.3) is 11.8 Å². The number of hydrogen-bond acceptors (Lipinski definition) is 3. The SMILES string of the molecule is CN1C(=O)/C(=C/c2ccccc2)c2cc(OCC(N)=O)ccc21. The maximum atomic E-state index is 12.5. The van der Waals surface area contributed by atoms with Crippen LogP contribution in [0.15, 0.2) is 48.5 Å². The lowest BCUT2D eigenvalue weighted by molar-refractivity contribution is -0.120. The highest BCUT2D eigenvalue weighted by Gasteiger charge is 2.30. The molecule has 2 N–H and O–H groups in total. The van der Waals surface area contributed by atoms with E-state index in [2.05, 4.69) is 0 Å². The summed E-state index contributed by atoms with van der Waals surface area (Å²) in [5.74, 6) is -0.112. The topological polar surface area (TPSA) is 72.6 Å². The van der Waals surface area contributed by atoms with E-state index in [1.807, 2.05) is 36.4 Å². The van der Waals surface area contributed by atoms with Gasteiger partial charge in [-0.2, -0.15) is 0 Å². The summed E-state index contributed by atoms with van der Waals surface area (Å²) in [4.78, 5) is 24.9. The standard InChI is InChI=1S/C18H16N2O3/c1-20-16-8-7-13(23-11-17(19)21)10-14(16)15(18(20)22)9-12-5-3-2-4-6-12/h2-10H,11H2,1H3,(H2,19,21)/b15-9+. The van der Waals surface area contributed by atoms with Gasteiger partial charge < -0.3 is 15.4 Å². The summed E-state index contributed by atoms with van der Waals surface area (Å²) in [5.41, 5.74) is 8.22. The molecule has 1 aliphatic heterocycles. The quantitative estimate of drug-likeness (QED) is 0.879. The second-order valence-electron chi connectivity index (χ2n) is 5.27. The number of fused-ring (bicyclic) bond motifs is 1. The number of nitrogens with two attached hydrogens (primary N) is 1. The van der Waals surface area contributed by atoms with Gasteiger partial charge >= 0.3 is 0 Å². The van der Waals surface area contributed by atoms with Crippen molar-refractivity contribution in [1.82, 2.24) is 0 Å². The van der Waals surface area contributed by atoms with Crippen LogP contribution >= 0.6 is 0 Å². The molecular formula is C18H16N2O3. The molecule has 0 unspecified atom stereocenters. The van der Waals surface area contributed by atoms with Crippen LogP contribution in [-0.4, -0.2) is 25.5 Å². The van der Waals surface area contributed by atoms with Gasteiger partial charge in [-0.15, -0.1) is 0 Å². The van der Waals surface area contributed by atoms with Crippen LogP contribution in [0.1, 0.15) is 11.1 Å². The molecule has 2 amide bonds. The number of primary amides is 1. The minimum absolute atomic E-state index is 0.0732. The van der Waals surface area contributed by atoms with E-state index in [9.17, 15) is 9.59 Å². The van der Waals surface area contributed by atoms with Crippen molar-refractivity contribution in [2.45, 2.75) is 0 Å². The molecule has 0 aromatic heterocycles. The third-order valence-corrected chi connectivity index (χ3v) is 3.65. The van der Waals surface area contributed by atoms with Crippen molar-refractivity contribution >= 4 is 29.2 Å². The molecule has 2 aromatic carbocycles. The highest BCUT2D eigenvalue weighted by Crippen LogP contribution is 2.38. The number of benzene rings is 2. The van der Waals surface area contributed by atoms with Crippen molar-refractivity contribution in [3.63, 3.8) is 0 Å². The Morgan fingerprint density at radius 2 is 1.96 bits per heavy atom. The lowest BCUT2D eigenvalue weighted by Crippen LogP contribution is -2.20. The molecule has 0 atom stereocenters. The van der Waals surface area contributed by atoms with E-state index in [1.165, 1.54) is 0 Å². The van der Waals surface area contributed by atoms with Crippen molar-refractivity contribution in [1.29, 1.82) is 0 Å². The molecular weight excluding hydrogens is 292 g/mol. The molecule has 1 aliphatic rings. The Morgan fingerprint density at radius 1 is 1.22 bits per heavy atom. The van der Waals surface area contributed by atoms with Crippen LogP contribution in [0, 0.1) is 0 Å². The minimum Gasteiger partial charge on any atom is -0.484 e. The summed E-state index contributed by atoms with van der Waals surface area (Å²) in [7, 11) is 1.73. The Labute approximate surface area is 134 Å². The molecule has 0 radical (unpaired) electrons. The van der Waals surface area contributed by atoms with E-state index in [4.69, 9.17) is 10.5 Å². The number of rotatable bonds is 4. The zero-order chi connectivity index (χ0) is 16.4. The molecule has 0 saturated carbocycles. The van der Waals surface area contributed by atoms with E-state index in [-0.39, 0.29) is 12.5 Å². The molecule has 1 heterocycles. The molecule has 2 aromatic rings. The highest BCUT2D eigenvalue weighted by atomic mass is 16.5. The van der Waals surface area contributed by atoms with Crippen molar-refractivity contribution in [2.75, 3.05) is 18.6 Å². The van der Waals surface area contributed by atoms with Gasteiger partial charge in [-0.25, -0.2) is 0 Å². The maximum absolute atomic E-state index is 12.5. The van der Waals surface area contributed by atoms with Gasteiger partial charge in [0, 0.05) is 18.2 Å². The number of ether oxygens (including phenoxy) is 1. The molecule has 0 aliphatic carbocycles. The molecule has 0 fully saturated rings.